The number of rotatable bonds is 8. The highest BCUT2D eigenvalue weighted by Crippen LogP contribution is 2.29. The van der Waals surface area contributed by atoms with E-state index in [1.54, 1.807) is 36.7 Å². The van der Waals surface area contributed by atoms with Crippen molar-refractivity contribution < 1.29 is 23.8 Å². The summed E-state index contributed by atoms with van der Waals surface area (Å²) in [6.07, 6.45) is 1.94. The predicted molar refractivity (Wildman–Crippen MR) is 116 cm³/mol. The Morgan fingerprint density at radius 2 is 1.94 bits per heavy atom. The zero-order valence-electron chi connectivity index (χ0n) is 17.3. The molecule has 4 N–H and O–H groups in total. The summed E-state index contributed by atoms with van der Waals surface area (Å²) in [5.74, 6) is -1.70. The molecule has 1 amide bonds. The number of benzene rings is 2. The van der Waals surface area contributed by atoms with E-state index in [1.807, 2.05) is 0 Å². The largest absolute Gasteiger partial charge is 0.394 e. The normalized spacial score (nSPS) is 13.0. The lowest BCUT2D eigenvalue weighted by atomic mass is 10.0. The molecule has 0 aliphatic carbocycles. The molecule has 170 valence electrons. The van der Waals surface area contributed by atoms with Crippen LogP contribution in [0.5, 0.6) is 0 Å². The average molecular weight is 453 g/mol. The summed E-state index contributed by atoms with van der Waals surface area (Å²) >= 11 is 0. The maximum absolute atomic E-state index is 14.8. The number of carbonyl (C=O) groups excluding carboxylic acids is 1. The lowest BCUT2D eigenvalue weighted by Crippen LogP contribution is -2.47. The van der Waals surface area contributed by atoms with Crippen molar-refractivity contribution in [1.29, 1.82) is 0 Å². The van der Waals surface area contributed by atoms with Gasteiger partial charge in [-0.1, -0.05) is 6.07 Å². The van der Waals surface area contributed by atoms with Crippen LogP contribution in [-0.4, -0.2) is 54.9 Å². The Balaban J connectivity index is 1.63. The Kier molecular flexibility index (Phi) is 6.57. The molecule has 0 aliphatic rings. The van der Waals surface area contributed by atoms with E-state index in [9.17, 15) is 23.8 Å². The number of nitrogens with one attached hydrogen (secondary N) is 2. The number of aliphatic hydroxyl groups excluding tert-OH is 2. The second kappa shape index (κ2) is 9.72. The molecule has 0 aliphatic heterocycles. The van der Waals surface area contributed by atoms with Crippen molar-refractivity contribution in [2.75, 3.05) is 6.61 Å². The quantitative estimate of drug-likeness (QED) is 0.327. The molecular formula is C23H21F2N5O3. The van der Waals surface area contributed by atoms with Gasteiger partial charge in [0, 0.05) is 12.4 Å². The maximum Gasteiger partial charge on any atom is 0.252 e. The average Bonchev–Trinajstić information content (AvgIpc) is 3.51. The molecule has 0 unspecified atom stereocenters. The van der Waals surface area contributed by atoms with Gasteiger partial charge in [-0.25, -0.2) is 8.78 Å². The van der Waals surface area contributed by atoms with Crippen LogP contribution in [0.4, 0.5) is 8.78 Å². The molecule has 4 aromatic rings. The van der Waals surface area contributed by atoms with Gasteiger partial charge in [0.1, 0.15) is 11.6 Å². The van der Waals surface area contributed by atoms with Gasteiger partial charge in [0.05, 0.1) is 47.8 Å². The van der Waals surface area contributed by atoms with E-state index in [0.717, 1.165) is 0 Å². The minimum absolute atomic E-state index is 0.00256. The number of hydrogen-bond acceptors (Lipinski definition) is 5. The Morgan fingerprint density at radius 1 is 1.15 bits per heavy atom. The lowest BCUT2D eigenvalue weighted by molar-refractivity contribution is 0.0512. The van der Waals surface area contributed by atoms with E-state index in [1.165, 1.54) is 35.0 Å². The summed E-state index contributed by atoms with van der Waals surface area (Å²) in [4.78, 5) is 13.1. The SMILES string of the molecule is O=C(N[C@H](Cn1cccn1)[C@H](O)CO)c1cccc(F)c1-c1cc(-c2ccc(F)cc2)[nH]n1. The Bertz CT molecular complexity index is 1230. The molecule has 0 bridgehead atoms. The first kappa shape index (κ1) is 22.3. The second-order valence-corrected chi connectivity index (χ2v) is 7.39. The summed E-state index contributed by atoms with van der Waals surface area (Å²) in [5, 5.41) is 33.2. The number of aliphatic hydroxyl groups is 2. The van der Waals surface area contributed by atoms with Crippen molar-refractivity contribution >= 4 is 5.91 Å². The number of amides is 1. The number of nitrogens with zero attached hydrogens (tertiary/aromatic N) is 3. The van der Waals surface area contributed by atoms with Gasteiger partial charge in [0.25, 0.3) is 5.91 Å². The van der Waals surface area contributed by atoms with Crippen LogP contribution in [0.3, 0.4) is 0 Å². The molecule has 33 heavy (non-hydrogen) atoms. The third kappa shape index (κ3) is 4.97. The summed E-state index contributed by atoms with van der Waals surface area (Å²) in [6.45, 7) is -0.481. The summed E-state index contributed by atoms with van der Waals surface area (Å²) in [5.41, 5.74) is 1.32. The van der Waals surface area contributed by atoms with Crippen LogP contribution in [0.15, 0.2) is 67.0 Å². The van der Waals surface area contributed by atoms with Gasteiger partial charge in [0.2, 0.25) is 0 Å². The number of halogens is 2. The third-order valence-electron chi connectivity index (χ3n) is 5.16. The van der Waals surface area contributed by atoms with Crippen molar-refractivity contribution in [3.8, 4) is 22.5 Å². The summed E-state index contributed by atoms with van der Waals surface area (Å²) in [6, 6.07) is 12.1. The minimum Gasteiger partial charge on any atom is -0.394 e. The number of H-pyrrole nitrogens is 1. The van der Waals surface area contributed by atoms with Crippen LogP contribution in [0.1, 0.15) is 10.4 Å². The van der Waals surface area contributed by atoms with Crippen molar-refractivity contribution in [3.05, 3.63) is 84.2 Å². The molecule has 0 saturated carbocycles. The molecule has 2 aromatic carbocycles. The first-order chi connectivity index (χ1) is 16.0. The van der Waals surface area contributed by atoms with Crippen LogP contribution >= 0.6 is 0 Å². The number of carbonyl (C=O) groups is 1. The van der Waals surface area contributed by atoms with Crippen LogP contribution in [0.2, 0.25) is 0 Å². The van der Waals surface area contributed by atoms with E-state index >= 15 is 0 Å². The zero-order valence-corrected chi connectivity index (χ0v) is 17.3. The van der Waals surface area contributed by atoms with E-state index in [0.29, 0.717) is 11.3 Å². The van der Waals surface area contributed by atoms with Crippen molar-refractivity contribution in [3.63, 3.8) is 0 Å². The predicted octanol–water partition coefficient (Wildman–Crippen LogP) is 2.37. The molecule has 8 nitrogen and oxygen atoms in total. The van der Waals surface area contributed by atoms with Gasteiger partial charge in [-0.15, -0.1) is 0 Å². The molecule has 2 aromatic heterocycles. The van der Waals surface area contributed by atoms with Crippen molar-refractivity contribution in [2.45, 2.75) is 18.7 Å². The first-order valence-corrected chi connectivity index (χ1v) is 10.1. The molecular weight excluding hydrogens is 432 g/mol. The lowest BCUT2D eigenvalue weighted by Gasteiger charge is -2.23. The third-order valence-corrected chi connectivity index (χ3v) is 5.16. The van der Waals surface area contributed by atoms with E-state index in [2.05, 4.69) is 20.6 Å². The van der Waals surface area contributed by atoms with E-state index in [4.69, 9.17) is 0 Å². The molecule has 0 radical (unpaired) electrons. The summed E-state index contributed by atoms with van der Waals surface area (Å²) in [7, 11) is 0. The molecule has 2 atom stereocenters. The van der Waals surface area contributed by atoms with Crippen LogP contribution in [0, 0.1) is 11.6 Å². The maximum atomic E-state index is 14.8. The molecule has 0 spiro atoms. The fourth-order valence-electron chi connectivity index (χ4n) is 3.45. The molecule has 2 heterocycles. The van der Waals surface area contributed by atoms with Crippen molar-refractivity contribution in [1.82, 2.24) is 25.3 Å². The number of aromatic nitrogens is 4. The fraction of sp³-hybridized carbons (Fsp3) is 0.174. The molecule has 10 heteroatoms. The monoisotopic (exact) mass is 453 g/mol. The van der Waals surface area contributed by atoms with Gasteiger partial charge in [0.15, 0.2) is 0 Å². The van der Waals surface area contributed by atoms with Crippen LogP contribution < -0.4 is 5.32 Å². The van der Waals surface area contributed by atoms with Crippen LogP contribution in [-0.2, 0) is 6.54 Å². The van der Waals surface area contributed by atoms with Gasteiger partial charge < -0.3 is 15.5 Å². The first-order valence-electron chi connectivity index (χ1n) is 10.1. The van der Waals surface area contributed by atoms with Crippen LogP contribution in [0.25, 0.3) is 22.5 Å². The van der Waals surface area contributed by atoms with Gasteiger partial charge >= 0.3 is 0 Å². The summed E-state index contributed by atoms with van der Waals surface area (Å²) < 4.78 is 29.6. The number of hydrogen-bond donors (Lipinski definition) is 4. The minimum atomic E-state index is -1.26. The Hall–Kier alpha value is -3.89. The highest BCUT2D eigenvalue weighted by Gasteiger charge is 2.25. The molecule has 0 fully saturated rings. The van der Waals surface area contributed by atoms with Crippen molar-refractivity contribution in [2.24, 2.45) is 0 Å². The van der Waals surface area contributed by atoms with E-state index in [-0.39, 0.29) is 29.2 Å². The second-order valence-electron chi connectivity index (χ2n) is 7.39. The smallest absolute Gasteiger partial charge is 0.252 e. The highest BCUT2D eigenvalue weighted by molar-refractivity contribution is 6.01. The topological polar surface area (TPSA) is 116 Å². The zero-order chi connectivity index (χ0) is 23.4. The number of aromatic amines is 1. The Labute approximate surface area is 187 Å². The molecule has 0 saturated heterocycles. The standard InChI is InChI=1S/C23H21F2N5O3/c24-15-7-5-14(6-8-15)18-11-19(29-28-18)22-16(3-1-4-17(22)25)23(33)27-20(21(32)13-31)12-30-10-2-9-26-30/h1-11,20-21,31-32H,12-13H2,(H,27,33)(H,28,29)/t20-,21-/m1/s1. The van der Waals surface area contributed by atoms with E-state index < -0.39 is 30.5 Å². The van der Waals surface area contributed by atoms with Gasteiger partial charge in [-0.3, -0.25) is 14.6 Å². The van der Waals surface area contributed by atoms with Gasteiger partial charge in [-0.2, -0.15) is 10.2 Å². The molecule has 4 rings (SSSR count). The van der Waals surface area contributed by atoms with Gasteiger partial charge in [-0.05, 0) is 54.1 Å². The highest BCUT2D eigenvalue weighted by atomic mass is 19.1. The Morgan fingerprint density at radius 3 is 2.64 bits per heavy atom. The fourth-order valence-corrected chi connectivity index (χ4v) is 3.45.